The summed E-state index contributed by atoms with van der Waals surface area (Å²) in [6.45, 7) is 0. The number of hydrogen-bond acceptors (Lipinski definition) is 2. The lowest BCUT2D eigenvalue weighted by atomic mass is 10.2. The fraction of sp³-hybridized carbons (Fsp3) is 0. The smallest absolute Gasteiger partial charge is 0.269 e. The molecule has 1 rings (SSSR count). The minimum Gasteiger partial charge on any atom is -0.277 e. The molecule has 0 bridgehead atoms. The average molecular weight is 200 g/mol. The molecule has 0 saturated heterocycles. The Morgan fingerprint density at radius 1 is 1.29 bits per heavy atom. The lowest BCUT2D eigenvalue weighted by molar-refractivity contribution is -0.110. The second kappa shape index (κ2) is 4.31. The summed E-state index contributed by atoms with van der Waals surface area (Å²) >= 11 is 0. The maximum atomic E-state index is 12.6. The van der Waals surface area contributed by atoms with E-state index >= 15 is 0 Å². The molecule has 0 heterocycles. The largest absolute Gasteiger partial charge is 0.277 e. The van der Waals surface area contributed by atoms with Crippen LogP contribution in [0.5, 0.6) is 0 Å². The summed E-state index contributed by atoms with van der Waals surface area (Å²) in [5.74, 6) is -2.88. The van der Waals surface area contributed by atoms with Gasteiger partial charge in [0, 0.05) is 5.56 Å². The molecule has 0 fully saturated rings. The van der Waals surface area contributed by atoms with Crippen molar-refractivity contribution in [1.29, 1.82) is 0 Å². The van der Waals surface area contributed by atoms with E-state index in [1.54, 1.807) is 0 Å². The van der Waals surface area contributed by atoms with Crippen molar-refractivity contribution in [2.75, 3.05) is 0 Å². The Hall–Kier alpha value is -1.98. The summed E-state index contributed by atoms with van der Waals surface area (Å²) in [5.41, 5.74) is 3.75. The number of benzene rings is 1. The number of nitrogens with one attached hydrogen (secondary N) is 2. The van der Waals surface area contributed by atoms with E-state index in [0.29, 0.717) is 0 Å². The van der Waals surface area contributed by atoms with Crippen molar-refractivity contribution in [2.24, 2.45) is 0 Å². The van der Waals surface area contributed by atoms with Crippen LogP contribution >= 0.6 is 0 Å². The molecule has 0 aliphatic rings. The first kappa shape index (κ1) is 10.1. The minimum atomic E-state index is -1.12. The standard InChI is InChI=1S/C8H6F2N2O2/c9-6-2-1-5(3-7(6)10)8(14)12-11-4-13/h1-4H,(H,11,13)(H,12,14). The zero-order valence-electron chi connectivity index (χ0n) is 6.88. The van der Waals surface area contributed by atoms with Gasteiger partial charge >= 0.3 is 0 Å². The van der Waals surface area contributed by atoms with E-state index in [0.717, 1.165) is 18.2 Å². The van der Waals surface area contributed by atoms with Gasteiger partial charge in [0.15, 0.2) is 11.6 Å². The molecule has 1 aromatic carbocycles. The Morgan fingerprint density at radius 2 is 2.00 bits per heavy atom. The highest BCUT2D eigenvalue weighted by molar-refractivity contribution is 5.94. The van der Waals surface area contributed by atoms with Crippen LogP contribution in [0.15, 0.2) is 18.2 Å². The third-order valence-electron chi connectivity index (χ3n) is 1.43. The summed E-state index contributed by atoms with van der Waals surface area (Å²) in [7, 11) is 0. The number of rotatable bonds is 3. The van der Waals surface area contributed by atoms with Gasteiger partial charge in [0.2, 0.25) is 6.41 Å². The first-order valence-electron chi connectivity index (χ1n) is 3.59. The lowest BCUT2D eigenvalue weighted by Crippen LogP contribution is -2.36. The molecule has 0 spiro atoms. The zero-order valence-corrected chi connectivity index (χ0v) is 6.88. The zero-order chi connectivity index (χ0) is 10.6. The van der Waals surface area contributed by atoms with E-state index in [-0.39, 0.29) is 12.0 Å². The minimum absolute atomic E-state index is 0.0850. The molecule has 0 aliphatic heterocycles. The van der Waals surface area contributed by atoms with Crippen molar-refractivity contribution >= 4 is 12.3 Å². The SMILES string of the molecule is O=CNNC(=O)c1ccc(F)c(F)c1. The molecule has 0 aliphatic carbocycles. The van der Waals surface area contributed by atoms with E-state index in [4.69, 9.17) is 0 Å². The first-order valence-corrected chi connectivity index (χ1v) is 3.59. The van der Waals surface area contributed by atoms with E-state index in [2.05, 4.69) is 0 Å². The van der Waals surface area contributed by atoms with Crippen LogP contribution in [0.3, 0.4) is 0 Å². The molecule has 6 heteroatoms. The predicted octanol–water partition coefficient (Wildman–Crippen LogP) is 0.356. The fourth-order valence-corrected chi connectivity index (χ4v) is 0.805. The Kier molecular flexibility index (Phi) is 3.11. The first-order chi connectivity index (χ1) is 6.65. The van der Waals surface area contributed by atoms with Crippen LogP contribution in [0.1, 0.15) is 10.4 Å². The molecule has 0 unspecified atom stereocenters. The quantitative estimate of drug-likeness (QED) is 0.546. The van der Waals surface area contributed by atoms with Gasteiger partial charge < -0.3 is 0 Å². The molecular formula is C8H6F2N2O2. The second-order valence-electron chi connectivity index (χ2n) is 2.35. The molecule has 2 N–H and O–H groups in total. The maximum Gasteiger partial charge on any atom is 0.269 e. The third kappa shape index (κ3) is 2.25. The van der Waals surface area contributed by atoms with Crippen LogP contribution < -0.4 is 10.9 Å². The predicted molar refractivity (Wildman–Crippen MR) is 43.0 cm³/mol. The highest BCUT2D eigenvalue weighted by Crippen LogP contribution is 2.07. The number of hydrogen-bond donors (Lipinski definition) is 2. The third-order valence-corrected chi connectivity index (χ3v) is 1.43. The number of carbonyl (C=O) groups excluding carboxylic acids is 2. The number of hydrazine groups is 1. The molecule has 1 aromatic rings. The van der Waals surface area contributed by atoms with Crippen molar-refractivity contribution in [3.63, 3.8) is 0 Å². The molecule has 0 radical (unpaired) electrons. The van der Waals surface area contributed by atoms with Gasteiger partial charge in [0.25, 0.3) is 5.91 Å². The molecule has 74 valence electrons. The fourth-order valence-electron chi connectivity index (χ4n) is 0.805. The molecule has 0 aromatic heterocycles. The van der Waals surface area contributed by atoms with Crippen LogP contribution in [0.25, 0.3) is 0 Å². The lowest BCUT2D eigenvalue weighted by Gasteiger charge is -2.02. The van der Waals surface area contributed by atoms with Crippen molar-refractivity contribution in [2.45, 2.75) is 0 Å². The molecule has 0 atom stereocenters. The van der Waals surface area contributed by atoms with Gasteiger partial charge in [0.1, 0.15) is 0 Å². The molecule has 4 nitrogen and oxygen atoms in total. The summed E-state index contributed by atoms with van der Waals surface area (Å²) in [6.07, 6.45) is 0.248. The van der Waals surface area contributed by atoms with Crippen molar-refractivity contribution in [1.82, 2.24) is 10.9 Å². The van der Waals surface area contributed by atoms with Gasteiger partial charge in [0.05, 0.1) is 0 Å². The Bertz CT molecular complexity index is 368. The maximum absolute atomic E-state index is 12.6. The van der Waals surface area contributed by atoms with Gasteiger partial charge in [-0.25, -0.2) is 8.78 Å². The molecule has 14 heavy (non-hydrogen) atoms. The molecular weight excluding hydrogens is 194 g/mol. The number of halogens is 2. The summed E-state index contributed by atoms with van der Waals surface area (Å²) in [4.78, 5) is 20.8. The summed E-state index contributed by atoms with van der Waals surface area (Å²) in [6, 6.07) is 2.66. The van der Waals surface area contributed by atoms with Crippen molar-refractivity contribution in [3.05, 3.63) is 35.4 Å². The van der Waals surface area contributed by atoms with E-state index in [9.17, 15) is 18.4 Å². The van der Waals surface area contributed by atoms with Crippen molar-refractivity contribution < 1.29 is 18.4 Å². The van der Waals surface area contributed by atoms with Gasteiger partial charge in [-0.2, -0.15) is 0 Å². The van der Waals surface area contributed by atoms with Gasteiger partial charge in [-0.15, -0.1) is 0 Å². The summed E-state index contributed by atoms with van der Waals surface area (Å²) < 4.78 is 25.1. The van der Waals surface area contributed by atoms with Crippen LogP contribution in [0.2, 0.25) is 0 Å². The topological polar surface area (TPSA) is 58.2 Å². The van der Waals surface area contributed by atoms with Gasteiger partial charge in [-0.3, -0.25) is 20.4 Å². The van der Waals surface area contributed by atoms with E-state index in [1.807, 2.05) is 10.9 Å². The number of amides is 2. The van der Waals surface area contributed by atoms with Crippen molar-refractivity contribution in [3.8, 4) is 0 Å². The van der Waals surface area contributed by atoms with Gasteiger partial charge in [-0.05, 0) is 18.2 Å². The molecule has 2 amide bonds. The summed E-state index contributed by atoms with van der Waals surface area (Å²) in [5, 5.41) is 0. The Balaban J connectivity index is 2.80. The van der Waals surface area contributed by atoms with Crippen LogP contribution in [-0.4, -0.2) is 12.3 Å². The normalized spacial score (nSPS) is 9.29. The van der Waals surface area contributed by atoms with E-state index < -0.39 is 17.5 Å². The highest BCUT2D eigenvalue weighted by atomic mass is 19.2. The Morgan fingerprint density at radius 3 is 2.57 bits per heavy atom. The van der Waals surface area contributed by atoms with Crippen LogP contribution in [-0.2, 0) is 4.79 Å². The average Bonchev–Trinajstić information content (AvgIpc) is 2.18. The van der Waals surface area contributed by atoms with Crippen LogP contribution in [0, 0.1) is 11.6 Å². The molecule has 0 saturated carbocycles. The van der Waals surface area contributed by atoms with E-state index in [1.165, 1.54) is 0 Å². The monoisotopic (exact) mass is 200 g/mol. The van der Waals surface area contributed by atoms with Gasteiger partial charge in [-0.1, -0.05) is 0 Å². The second-order valence-corrected chi connectivity index (χ2v) is 2.35. The van der Waals surface area contributed by atoms with Crippen LogP contribution in [0.4, 0.5) is 8.78 Å². The highest BCUT2D eigenvalue weighted by Gasteiger charge is 2.08. The Labute approximate surface area is 77.9 Å². The number of carbonyl (C=O) groups is 2.